The van der Waals surface area contributed by atoms with Gasteiger partial charge in [0.15, 0.2) is 18.2 Å². The lowest BCUT2D eigenvalue weighted by Gasteiger charge is -2.26. The van der Waals surface area contributed by atoms with Crippen LogP contribution in [-0.2, 0) is 4.79 Å². The standard InChI is InChI=1S/C26H23N7O2S/c34-22(30-19-4-2-5-19)14-35-21-6-1-3-17(11-21)24-32-25(23-26(33-24)36-15-27-23)31-20-9-7-16(8-10-20)18-12-28-29-13-18/h1,3,6-13,15,19H,2,4-5,14H2,(H,28,29)(H,30,34)(H,31,32,33). The normalized spacial score (nSPS) is 13.3. The predicted molar refractivity (Wildman–Crippen MR) is 139 cm³/mol. The van der Waals surface area contributed by atoms with Gasteiger partial charge in [0.25, 0.3) is 5.91 Å². The zero-order valence-corrected chi connectivity index (χ0v) is 20.1. The Morgan fingerprint density at radius 1 is 1.08 bits per heavy atom. The van der Waals surface area contributed by atoms with Crippen molar-refractivity contribution in [1.82, 2.24) is 30.5 Å². The molecule has 180 valence electrons. The first-order chi connectivity index (χ1) is 17.7. The molecule has 3 N–H and O–H groups in total. The van der Waals surface area contributed by atoms with Crippen LogP contribution in [0.15, 0.2) is 66.4 Å². The minimum atomic E-state index is -0.0993. The van der Waals surface area contributed by atoms with Crippen LogP contribution in [0.5, 0.6) is 5.75 Å². The van der Waals surface area contributed by atoms with Gasteiger partial charge in [0.2, 0.25) is 0 Å². The number of benzene rings is 2. The number of nitrogens with one attached hydrogen (secondary N) is 3. The molecule has 0 radical (unpaired) electrons. The lowest BCUT2D eigenvalue weighted by atomic mass is 9.93. The molecule has 2 aromatic carbocycles. The van der Waals surface area contributed by atoms with E-state index in [0.29, 0.717) is 29.0 Å². The van der Waals surface area contributed by atoms with Gasteiger partial charge in [-0.05, 0) is 49.1 Å². The molecule has 0 bridgehead atoms. The number of amides is 1. The van der Waals surface area contributed by atoms with Gasteiger partial charge in [-0.3, -0.25) is 9.89 Å². The van der Waals surface area contributed by atoms with Crippen LogP contribution in [-0.4, -0.2) is 43.7 Å². The maximum Gasteiger partial charge on any atom is 0.258 e. The number of carbonyl (C=O) groups is 1. The Kier molecular flexibility index (Phi) is 6.00. The summed E-state index contributed by atoms with van der Waals surface area (Å²) in [4.78, 5) is 26.8. The van der Waals surface area contributed by atoms with E-state index in [-0.39, 0.29) is 12.5 Å². The lowest BCUT2D eigenvalue weighted by molar-refractivity contribution is -0.124. The van der Waals surface area contributed by atoms with Crippen LogP contribution in [0.4, 0.5) is 11.5 Å². The van der Waals surface area contributed by atoms with Gasteiger partial charge in [0.1, 0.15) is 16.1 Å². The van der Waals surface area contributed by atoms with Crippen molar-refractivity contribution in [2.75, 3.05) is 11.9 Å². The van der Waals surface area contributed by atoms with E-state index in [0.717, 1.165) is 40.0 Å². The third-order valence-corrected chi connectivity index (χ3v) is 6.83. The van der Waals surface area contributed by atoms with Crippen molar-refractivity contribution < 1.29 is 9.53 Å². The van der Waals surface area contributed by atoms with Crippen LogP contribution >= 0.6 is 11.3 Å². The number of anilines is 2. The number of carbonyl (C=O) groups excluding carboxylic acids is 1. The molecule has 3 heterocycles. The summed E-state index contributed by atoms with van der Waals surface area (Å²) in [6.45, 7) is -0.0175. The van der Waals surface area contributed by atoms with Gasteiger partial charge in [-0.1, -0.05) is 24.3 Å². The summed E-state index contributed by atoms with van der Waals surface area (Å²) < 4.78 is 5.74. The average molecular weight is 498 g/mol. The minimum absolute atomic E-state index is 0.0175. The van der Waals surface area contributed by atoms with Crippen LogP contribution in [0.25, 0.3) is 32.9 Å². The topological polar surface area (TPSA) is 118 Å². The van der Waals surface area contributed by atoms with E-state index in [4.69, 9.17) is 14.7 Å². The highest BCUT2D eigenvalue weighted by Gasteiger charge is 2.19. The third kappa shape index (κ3) is 4.76. The molecule has 0 saturated heterocycles. The summed E-state index contributed by atoms with van der Waals surface area (Å²) >= 11 is 1.46. The number of fused-ring (bicyclic) bond motifs is 1. The number of hydrogen-bond donors (Lipinski definition) is 3. The summed E-state index contributed by atoms with van der Waals surface area (Å²) in [7, 11) is 0. The van der Waals surface area contributed by atoms with E-state index in [1.165, 1.54) is 17.8 Å². The molecular weight excluding hydrogens is 474 g/mol. The van der Waals surface area contributed by atoms with Crippen molar-refractivity contribution in [2.24, 2.45) is 0 Å². The largest absolute Gasteiger partial charge is 0.484 e. The van der Waals surface area contributed by atoms with E-state index in [2.05, 4.69) is 25.8 Å². The fraction of sp³-hybridized carbons (Fsp3) is 0.192. The Labute approximate surface area is 211 Å². The van der Waals surface area contributed by atoms with Crippen molar-refractivity contribution >= 4 is 39.1 Å². The molecule has 1 fully saturated rings. The molecule has 6 rings (SSSR count). The molecule has 0 atom stereocenters. The molecule has 3 aromatic heterocycles. The van der Waals surface area contributed by atoms with Crippen LogP contribution in [0.1, 0.15) is 19.3 Å². The van der Waals surface area contributed by atoms with Crippen molar-refractivity contribution in [3.63, 3.8) is 0 Å². The molecule has 1 aliphatic carbocycles. The minimum Gasteiger partial charge on any atom is -0.484 e. The maximum atomic E-state index is 12.1. The molecule has 1 aliphatic rings. The van der Waals surface area contributed by atoms with Crippen LogP contribution < -0.4 is 15.4 Å². The summed E-state index contributed by atoms with van der Waals surface area (Å²) in [6.07, 6.45) is 6.91. The molecule has 1 amide bonds. The Balaban J connectivity index is 1.22. The number of aromatic amines is 1. The van der Waals surface area contributed by atoms with Crippen molar-refractivity contribution in [1.29, 1.82) is 0 Å². The smallest absolute Gasteiger partial charge is 0.258 e. The second-order valence-corrected chi connectivity index (χ2v) is 9.44. The number of ether oxygens (including phenoxy) is 1. The van der Waals surface area contributed by atoms with Crippen LogP contribution in [0, 0.1) is 0 Å². The second kappa shape index (κ2) is 9.74. The lowest BCUT2D eigenvalue weighted by Crippen LogP contribution is -2.41. The number of thiazole rings is 1. The molecule has 0 aliphatic heterocycles. The highest BCUT2D eigenvalue weighted by molar-refractivity contribution is 7.16. The van der Waals surface area contributed by atoms with Gasteiger partial charge < -0.3 is 15.4 Å². The molecule has 5 aromatic rings. The molecule has 1 saturated carbocycles. The molecule has 36 heavy (non-hydrogen) atoms. The van der Waals surface area contributed by atoms with Gasteiger partial charge >= 0.3 is 0 Å². The fourth-order valence-corrected chi connectivity index (χ4v) is 4.62. The summed E-state index contributed by atoms with van der Waals surface area (Å²) in [5.74, 6) is 1.67. The fourth-order valence-electron chi connectivity index (χ4n) is 3.97. The second-order valence-electron chi connectivity index (χ2n) is 8.60. The monoisotopic (exact) mass is 497 g/mol. The average Bonchev–Trinajstić information content (AvgIpc) is 3.58. The first-order valence-electron chi connectivity index (χ1n) is 11.7. The molecule has 9 nitrogen and oxygen atoms in total. The van der Waals surface area contributed by atoms with Gasteiger partial charge in [0, 0.05) is 29.1 Å². The first kappa shape index (κ1) is 22.2. The van der Waals surface area contributed by atoms with E-state index >= 15 is 0 Å². The van der Waals surface area contributed by atoms with Crippen molar-refractivity contribution in [2.45, 2.75) is 25.3 Å². The maximum absolute atomic E-state index is 12.1. The quantitative estimate of drug-likeness (QED) is 0.278. The highest BCUT2D eigenvalue weighted by Crippen LogP contribution is 2.30. The number of hydrogen-bond acceptors (Lipinski definition) is 8. The molecular formula is C26H23N7O2S. The number of aromatic nitrogens is 5. The first-order valence-corrected chi connectivity index (χ1v) is 12.6. The van der Waals surface area contributed by atoms with E-state index in [1.807, 2.05) is 54.7 Å². The van der Waals surface area contributed by atoms with E-state index < -0.39 is 0 Å². The van der Waals surface area contributed by atoms with Gasteiger partial charge in [-0.15, -0.1) is 11.3 Å². The molecule has 0 unspecified atom stereocenters. The third-order valence-electron chi connectivity index (χ3n) is 6.11. The van der Waals surface area contributed by atoms with Gasteiger partial charge in [0.05, 0.1) is 11.7 Å². The van der Waals surface area contributed by atoms with E-state index in [1.54, 1.807) is 11.7 Å². The van der Waals surface area contributed by atoms with Crippen molar-refractivity contribution in [3.05, 3.63) is 66.4 Å². The number of rotatable bonds is 8. The molecule has 0 spiro atoms. The van der Waals surface area contributed by atoms with Crippen LogP contribution in [0.2, 0.25) is 0 Å². The van der Waals surface area contributed by atoms with Crippen molar-refractivity contribution in [3.8, 4) is 28.3 Å². The number of H-pyrrole nitrogens is 1. The Morgan fingerprint density at radius 2 is 1.97 bits per heavy atom. The molecule has 10 heteroatoms. The van der Waals surface area contributed by atoms with Gasteiger partial charge in [-0.25, -0.2) is 15.0 Å². The SMILES string of the molecule is O=C(COc1cccc(-c2nc(Nc3ccc(-c4cn[nH]c4)cc3)c3ncsc3n2)c1)NC1CCC1. The zero-order chi connectivity index (χ0) is 24.3. The Hall–Kier alpha value is -4.31. The highest BCUT2D eigenvalue weighted by atomic mass is 32.1. The predicted octanol–water partition coefficient (Wildman–Crippen LogP) is 4.93. The van der Waals surface area contributed by atoms with E-state index in [9.17, 15) is 4.79 Å². The Bertz CT molecular complexity index is 1490. The van der Waals surface area contributed by atoms with Crippen LogP contribution in [0.3, 0.4) is 0 Å². The summed E-state index contributed by atoms with van der Waals surface area (Å²) in [5.41, 5.74) is 6.24. The summed E-state index contributed by atoms with van der Waals surface area (Å²) in [6, 6.07) is 15.8. The summed E-state index contributed by atoms with van der Waals surface area (Å²) in [5, 5.41) is 13.2. The zero-order valence-electron chi connectivity index (χ0n) is 19.3. The van der Waals surface area contributed by atoms with Gasteiger partial charge in [-0.2, -0.15) is 5.10 Å². The number of nitrogens with zero attached hydrogens (tertiary/aromatic N) is 4. The Morgan fingerprint density at radius 3 is 2.75 bits per heavy atom.